The predicted molar refractivity (Wildman–Crippen MR) is 71.8 cm³/mol. The van der Waals surface area contributed by atoms with Crippen LogP contribution in [-0.2, 0) is 13.0 Å². The van der Waals surface area contributed by atoms with Crippen LogP contribution in [0.15, 0.2) is 4.47 Å². The van der Waals surface area contributed by atoms with E-state index in [2.05, 4.69) is 51.8 Å². The van der Waals surface area contributed by atoms with Crippen molar-refractivity contribution in [2.24, 2.45) is 0 Å². The minimum atomic E-state index is 0.595. The van der Waals surface area contributed by atoms with Crippen molar-refractivity contribution in [3.63, 3.8) is 0 Å². The molecule has 0 aliphatic rings. The molecule has 0 saturated carbocycles. The molecule has 0 aliphatic carbocycles. The standard InChI is InChI=1S/C12H22BrN3/c1-5-16-11(12(13)10(3)15-16)8-6-7-9(2)14-4/h9,14H,5-8H2,1-4H3. The molecule has 0 radical (unpaired) electrons. The number of aromatic nitrogens is 2. The number of aryl methyl sites for hydroxylation is 2. The third kappa shape index (κ3) is 3.32. The molecule has 4 heteroatoms. The molecule has 0 fully saturated rings. The Morgan fingerprint density at radius 3 is 2.75 bits per heavy atom. The van der Waals surface area contributed by atoms with Crippen LogP contribution in [0, 0.1) is 6.92 Å². The fourth-order valence-corrected chi connectivity index (χ4v) is 2.31. The van der Waals surface area contributed by atoms with Crippen molar-refractivity contribution in [3.05, 3.63) is 15.9 Å². The Morgan fingerprint density at radius 2 is 2.19 bits per heavy atom. The van der Waals surface area contributed by atoms with Gasteiger partial charge in [-0.15, -0.1) is 0 Å². The van der Waals surface area contributed by atoms with E-state index in [1.807, 2.05) is 7.05 Å². The van der Waals surface area contributed by atoms with Gasteiger partial charge in [0.2, 0.25) is 0 Å². The Morgan fingerprint density at radius 1 is 1.50 bits per heavy atom. The third-order valence-corrected chi connectivity index (χ3v) is 4.03. The highest BCUT2D eigenvalue weighted by Crippen LogP contribution is 2.22. The SMILES string of the molecule is CCn1nc(C)c(Br)c1CCCC(C)NC. The summed E-state index contributed by atoms with van der Waals surface area (Å²) in [5.74, 6) is 0. The summed E-state index contributed by atoms with van der Waals surface area (Å²) in [5.41, 5.74) is 2.43. The second-order valence-electron chi connectivity index (χ2n) is 4.24. The van der Waals surface area contributed by atoms with E-state index < -0.39 is 0 Å². The normalized spacial score (nSPS) is 13.1. The fraction of sp³-hybridized carbons (Fsp3) is 0.750. The minimum Gasteiger partial charge on any atom is -0.317 e. The van der Waals surface area contributed by atoms with E-state index >= 15 is 0 Å². The summed E-state index contributed by atoms with van der Waals surface area (Å²) in [7, 11) is 2.01. The first-order chi connectivity index (χ1) is 7.60. The average Bonchev–Trinajstić information content (AvgIpc) is 2.56. The number of hydrogen-bond acceptors (Lipinski definition) is 2. The van der Waals surface area contributed by atoms with Gasteiger partial charge in [0, 0.05) is 12.6 Å². The lowest BCUT2D eigenvalue weighted by Gasteiger charge is -2.10. The van der Waals surface area contributed by atoms with Gasteiger partial charge < -0.3 is 5.32 Å². The number of halogens is 1. The first-order valence-electron chi connectivity index (χ1n) is 5.99. The summed E-state index contributed by atoms with van der Waals surface area (Å²) in [5, 5.41) is 7.77. The minimum absolute atomic E-state index is 0.595. The molecular formula is C12H22BrN3. The Hall–Kier alpha value is -0.350. The zero-order valence-corrected chi connectivity index (χ0v) is 12.3. The van der Waals surface area contributed by atoms with Crippen LogP contribution < -0.4 is 5.32 Å². The van der Waals surface area contributed by atoms with Crippen molar-refractivity contribution in [3.8, 4) is 0 Å². The molecule has 0 aliphatic heterocycles. The van der Waals surface area contributed by atoms with Crippen LogP contribution in [-0.4, -0.2) is 22.9 Å². The van der Waals surface area contributed by atoms with Gasteiger partial charge >= 0.3 is 0 Å². The predicted octanol–water partition coefficient (Wildman–Crippen LogP) is 2.90. The number of nitrogens with zero attached hydrogens (tertiary/aromatic N) is 2. The molecule has 0 aromatic carbocycles. The van der Waals surface area contributed by atoms with Crippen LogP contribution in [0.25, 0.3) is 0 Å². The van der Waals surface area contributed by atoms with Crippen molar-refractivity contribution >= 4 is 15.9 Å². The molecular weight excluding hydrogens is 266 g/mol. The van der Waals surface area contributed by atoms with Gasteiger partial charge in [-0.2, -0.15) is 5.10 Å². The van der Waals surface area contributed by atoms with Gasteiger partial charge in [-0.1, -0.05) is 0 Å². The van der Waals surface area contributed by atoms with Crippen LogP contribution in [0.3, 0.4) is 0 Å². The highest BCUT2D eigenvalue weighted by Gasteiger charge is 2.11. The van der Waals surface area contributed by atoms with Crippen LogP contribution in [0.1, 0.15) is 38.1 Å². The molecule has 1 heterocycles. The number of hydrogen-bond donors (Lipinski definition) is 1. The first-order valence-corrected chi connectivity index (χ1v) is 6.78. The molecule has 1 aromatic rings. The lowest BCUT2D eigenvalue weighted by Crippen LogP contribution is -2.21. The van der Waals surface area contributed by atoms with E-state index in [0.29, 0.717) is 6.04 Å². The summed E-state index contributed by atoms with van der Waals surface area (Å²) >= 11 is 3.63. The Labute approximate surface area is 107 Å². The maximum atomic E-state index is 4.50. The van der Waals surface area contributed by atoms with Crippen LogP contribution >= 0.6 is 15.9 Å². The smallest absolute Gasteiger partial charge is 0.0738 e. The van der Waals surface area contributed by atoms with Crippen molar-refractivity contribution in [2.75, 3.05) is 7.05 Å². The highest BCUT2D eigenvalue weighted by atomic mass is 79.9. The van der Waals surface area contributed by atoms with E-state index in [1.54, 1.807) is 0 Å². The average molecular weight is 288 g/mol. The van der Waals surface area contributed by atoms with Crippen LogP contribution in [0.4, 0.5) is 0 Å². The Balaban J connectivity index is 2.59. The van der Waals surface area contributed by atoms with E-state index in [1.165, 1.54) is 23.0 Å². The molecule has 1 unspecified atom stereocenters. The van der Waals surface area contributed by atoms with Gasteiger partial charge in [-0.25, -0.2) is 0 Å². The maximum Gasteiger partial charge on any atom is 0.0738 e. The Kier molecular flexibility index (Phi) is 5.49. The highest BCUT2D eigenvalue weighted by molar-refractivity contribution is 9.10. The fourth-order valence-electron chi connectivity index (χ4n) is 1.83. The van der Waals surface area contributed by atoms with Gasteiger partial charge in [0.05, 0.1) is 15.9 Å². The topological polar surface area (TPSA) is 29.9 Å². The van der Waals surface area contributed by atoms with Crippen molar-refractivity contribution < 1.29 is 0 Å². The zero-order valence-electron chi connectivity index (χ0n) is 10.7. The maximum absolute atomic E-state index is 4.50. The number of nitrogens with one attached hydrogen (secondary N) is 1. The summed E-state index contributed by atoms with van der Waals surface area (Å²) in [6.07, 6.45) is 3.50. The first kappa shape index (κ1) is 13.7. The lowest BCUT2D eigenvalue weighted by atomic mass is 10.1. The molecule has 16 heavy (non-hydrogen) atoms. The second-order valence-corrected chi connectivity index (χ2v) is 5.04. The van der Waals surface area contributed by atoms with E-state index in [-0.39, 0.29) is 0 Å². The van der Waals surface area contributed by atoms with Gasteiger partial charge in [-0.3, -0.25) is 4.68 Å². The van der Waals surface area contributed by atoms with E-state index in [9.17, 15) is 0 Å². The molecule has 1 atom stereocenters. The zero-order chi connectivity index (χ0) is 12.1. The quantitative estimate of drug-likeness (QED) is 0.872. The van der Waals surface area contributed by atoms with Gasteiger partial charge in [0.15, 0.2) is 0 Å². The van der Waals surface area contributed by atoms with Gasteiger partial charge in [-0.05, 0) is 63.0 Å². The summed E-state index contributed by atoms with van der Waals surface area (Å²) < 4.78 is 3.29. The van der Waals surface area contributed by atoms with Crippen molar-refractivity contribution in [2.45, 2.75) is 52.6 Å². The molecule has 1 aromatic heterocycles. The van der Waals surface area contributed by atoms with Crippen molar-refractivity contribution in [1.29, 1.82) is 0 Å². The summed E-state index contributed by atoms with van der Waals surface area (Å²) in [4.78, 5) is 0. The van der Waals surface area contributed by atoms with Gasteiger partial charge in [0.1, 0.15) is 0 Å². The van der Waals surface area contributed by atoms with Crippen LogP contribution in [0.2, 0.25) is 0 Å². The molecule has 92 valence electrons. The molecule has 0 saturated heterocycles. The third-order valence-electron chi connectivity index (χ3n) is 3.00. The monoisotopic (exact) mass is 287 g/mol. The van der Waals surface area contributed by atoms with Crippen LogP contribution in [0.5, 0.6) is 0 Å². The van der Waals surface area contributed by atoms with E-state index in [0.717, 1.165) is 18.7 Å². The number of rotatable bonds is 6. The largest absolute Gasteiger partial charge is 0.317 e. The molecule has 0 spiro atoms. The second kappa shape index (κ2) is 6.40. The molecule has 0 bridgehead atoms. The molecule has 0 amide bonds. The summed E-state index contributed by atoms with van der Waals surface area (Å²) in [6, 6.07) is 0.595. The van der Waals surface area contributed by atoms with E-state index in [4.69, 9.17) is 0 Å². The summed E-state index contributed by atoms with van der Waals surface area (Å²) in [6.45, 7) is 7.36. The molecule has 1 rings (SSSR count). The van der Waals surface area contributed by atoms with Gasteiger partial charge in [0.25, 0.3) is 0 Å². The Bertz CT molecular complexity index is 333. The molecule has 1 N–H and O–H groups in total. The lowest BCUT2D eigenvalue weighted by molar-refractivity contribution is 0.527. The van der Waals surface area contributed by atoms with Crippen molar-refractivity contribution in [1.82, 2.24) is 15.1 Å². The molecule has 3 nitrogen and oxygen atoms in total.